The van der Waals surface area contributed by atoms with Crippen LogP contribution in [0.2, 0.25) is 0 Å². The molecular formula is C14H18N2O3S. The number of nitrogens with zero attached hydrogens (tertiary/aromatic N) is 1. The van der Waals surface area contributed by atoms with Gasteiger partial charge >= 0.3 is 0 Å². The minimum atomic E-state index is -3.38. The molecule has 0 amide bonds. The van der Waals surface area contributed by atoms with Gasteiger partial charge < -0.3 is 5.11 Å². The first-order chi connectivity index (χ1) is 9.62. The standard InChI is InChI=1S/C14H18N2O3S/c17-10-4-5-12-8-9-15-14(11-12)16-20(18,19)13-6-2-1-3-7-13/h8-9,11,13,17H,1-3,6-7,10H2,(H,15,16). The van der Waals surface area contributed by atoms with E-state index in [9.17, 15) is 8.42 Å². The molecule has 1 saturated carbocycles. The predicted molar refractivity (Wildman–Crippen MR) is 77.6 cm³/mol. The second kappa shape index (κ2) is 6.73. The zero-order chi connectivity index (χ0) is 14.4. The number of aliphatic hydroxyl groups is 1. The van der Waals surface area contributed by atoms with E-state index >= 15 is 0 Å². The van der Waals surface area contributed by atoms with Crippen LogP contribution in [-0.2, 0) is 10.0 Å². The maximum absolute atomic E-state index is 12.3. The highest BCUT2D eigenvalue weighted by Gasteiger charge is 2.27. The number of aromatic nitrogens is 1. The van der Waals surface area contributed by atoms with Gasteiger partial charge in [-0.25, -0.2) is 13.4 Å². The van der Waals surface area contributed by atoms with E-state index in [1.807, 2.05) is 0 Å². The Labute approximate surface area is 119 Å². The zero-order valence-electron chi connectivity index (χ0n) is 11.2. The molecule has 1 aliphatic carbocycles. The van der Waals surface area contributed by atoms with Crippen molar-refractivity contribution in [3.05, 3.63) is 23.9 Å². The van der Waals surface area contributed by atoms with Gasteiger partial charge in [0.15, 0.2) is 0 Å². The number of rotatable bonds is 3. The van der Waals surface area contributed by atoms with E-state index in [0.717, 1.165) is 19.3 Å². The highest BCUT2D eigenvalue weighted by molar-refractivity contribution is 7.93. The van der Waals surface area contributed by atoms with Crippen molar-refractivity contribution < 1.29 is 13.5 Å². The first-order valence-electron chi connectivity index (χ1n) is 6.69. The molecule has 0 bridgehead atoms. The molecular weight excluding hydrogens is 276 g/mol. The average molecular weight is 294 g/mol. The largest absolute Gasteiger partial charge is 0.384 e. The molecule has 108 valence electrons. The van der Waals surface area contributed by atoms with Gasteiger partial charge in [-0.3, -0.25) is 4.72 Å². The minimum Gasteiger partial charge on any atom is -0.384 e. The van der Waals surface area contributed by atoms with Crippen LogP contribution in [0.4, 0.5) is 5.82 Å². The quantitative estimate of drug-likeness (QED) is 0.828. The van der Waals surface area contributed by atoms with Crippen molar-refractivity contribution in [1.29, 1.82) is 0 Å². The summed E-state index contributed by atoms with van der Waals surface area (Å²) in [4.78, 5) is 4.01. The van der Waals surface area contributed by atoms with Crippen LogP contribution in [0.15, 0.2) is 18.3 Å². The fourth-order valence-electron chi connectivity index (χ4n) is 2.31. The highest BCUT2D eigenvalue weighted by atomic mass is 32.2. The van der Waals surface area contributed by atoms with E-state index in [-0.39, 0.29) is 17.7 Å². The van der Waals surface area contributed by atoms with Crippen LogP contribution < -0.4 is 4.72 Å². The molecule has 0 atom stereocenters. The second-order valence-electron chi connectivity index (χ2n) is 4.80. The van der Waals surface area contributed by atoms with Crippen molar-refractivity contribution in [3.8, 4) is 11.8 Å². The van der Waals surface area contributed by atoms with Crippen LogP contribution >= 0.6 is 0 Å². The number of nitrogens with one attached hydrogen (secondary N) is 1. The molecule has 1 aromatic heterocycles. The number of aliphatic hydroxyl groups excluding tert-OH is 1. The molecule has 0 aromatic carbocycles. The van der Waals surface area contributed by atoms with E-state index in [4.69, 9.17) is 5.11 Å². The molecule has 1 aromatic rings. The van der Waals surface area contributed by atoms with E-state index < -0.39 is 10.0 Å². The topological polar surface area (TPSA) is 79.3 Å². The van der Waals surface area contributed by atoms with Crippen LogP contribution in [0.25, 0.3) is 0 Å². The minimum absolute atomic E-state index is 0.231. The summed E-state index contributed by atoms with van der Waals surface area (Å²) in [6.45, 7) is -0.231. The van der Waals surface area contributed by atoms with Crippen molar-refractivity contribution in [1.82, 2.24) is 4.98 Å². The lowest BCUT2D eigenvalue weighted by Crippen LogP contribution is -2.30. The predicted octanol–water partition coefficient (Wildman–Crippen LogP) is 1.50. The Bertz CT molecular complexity index is 611. The lowest BCUT2D eigenvalue weighted by atomic mass is 10.0. The molecule has 6 heteroatoms. The molecule has 1 heterocycles. The Morgan fingerprint density at radius 3 is 2.80 bits per heavy atom. The van der Waals surface area contributed by atoms with Crippen molar-refractivity contribution in [2.45, 2.75) is 37.4 Å². The summed E-state index contributed by atoms with van der Waals surface area (Å²) in [7, 11) is -3.38. The summed E-state index contributed by atoms with van der Waals surface area (Å²) in [5.41, 5.74) is 0.621. The smallest absolute Gasteiger partial charge is 0.236 e. The van der Waals surface area contributed by atoms with Crippen LogP contribution in [0, 0.1) is 11.8 Å². The highest BCUT2D eigenvalue weighted by Crippen LogP contribution is 2.24. The average Bonchev–Trinajstić information content (AvgIpc) is 2.46. The zero-order valence-corrected chi connectivity index (χ0v) is 12.0. The van der Waals surface area contributed by atoms with Crippen LogP contribution in [0.3, 0.4) is 0 Å². The summed E-state index contributed by atoms with van der Waals surface area (Å²) in [6.07, 6.45) is 5.94. The van der Waals surface area contributed by atoms with Crippen LogP contribution in [-0.4, -0.2) is 30.4 Å². The third-order valence-electron chi connectivity index (χ3n) is 3.31. The molecule has 20 heavy (non-hydrogen) atoms. The maximum Gasteiger partial charge on any atom is 0.236 e. The summed E-state index contributed by atoms with van der Waals surface area (Å²) in [5.74, 6) is 5.52. The van der Waals surface area contributed by atoms with Gasteiger partial charge in [-0.2, -0.15) is 0 Å². The maximum atomic E-state index is 12.3. The Kier molecular flexibility index (Phi) is 4.99. The summed E-state index contributed by atoms with van der Waals surface area (Å²) in [5, 5.41) is 8.32. The molecule has 1 fully saturated rings. The van der Waals surface area contributed by atoms with Gasteiger partial charge in [0.25, 0.3) is 0 Å². The van der Waals surface area contributed by atoms with Gasteiger partial charge in [0.1, 0.15) is 12.4 Å². The number of sulfonamides is 1. The molecule has 2 rings (SSSR count). The van der Waals surface area contributed by atoms with Crippen molar-refractivity contribution in [3.63, 3.8) is 0 Å². The normalized spacial score (nSPS) is 16.2. The number of anilines is 1. The summed E-state index contributed by atoms with van der Waals surface area (Å²) >= 11 is 0. The first kappa shape index (κ1) is 14.8. The fourth-order valence-corrected chi connectivity index (χ4v) is 3.83. The third-order valence-corrected chi connectivity index (χ3v) is 5.15. The van der Waals surface area contributed by atoms with Gasteiger partial charge in [0.2, 0.25) is 10.0 Å². The number of hydrogen-bond donors (Lipinski definition) is 2. The van der Waals surface area contributed by atoms with Gasteiger partial charge in [-0.05, 0) is 25.0 Å². The van der Waals surface area contributed by atoms with Gasteiger partial charge in [-0.15, -0.1) is 0 Å². The summed E-state index contributed by atoms with van der Waals surface area (Å²) < 4.78 is 27.0. The van der Waals surface area contributed by atoms with Crippen LogP contribution in [0.1, 0.15) is 37.7 Å². The molecule has 1 aliphatic rings. The molecule has 2 N–H and O–H groups in total. The van der Waals surface area contributed by atoms with Crippen molar-refractivity contribution >= 4 is 15.8 Å². The molecule has 0 unspecified atom stereocenters. The SMILES string of the molecule is O=S(=O)(Nc1cc(C#CCO)ccn1)C1CCCCC1. The Morgan fingerprint density at radius 1 is 1.35 bits per heavy atom. The summed E-state index contributed by atoms with van der Waals surface area (Å²) in [6, 6.07) is 3.24. The number of hydrogen-bond acceptors (Lipinski definition) is 4. The Hall–Kier alpha value is -1.58. The van der Waals surface area contributed by atoms with Gasteiger partial charge in [0.05, 0.1) is 5.25 Å². The lowest BCUT2D eigenvalue weighted by Gasteiger charge is -2.22. The van der Waals surface area contributed by atoms with E-state index in [0.29, 0.717) is 18.4 Å². The lowest BCUT2D eigenvalue weighted by molar-refractivity contribution is 0.350. The monoisotopic (exact) mass is 294 g/mol. The Morgan fingerprint density at radius 2 is 2.10 bits per heavy atom. The van der Waals surface area contributed by atoms with Crippen LogP contribution in [0.5, 0.6) is 0 Å². The third kappa shape index (κ3) is 3.95. The van der Waals surface area contributed by atoms with E-state index in [2.05, 4.69) is 21.5 Å². The molecule has 5 nitrogen and oxygen atoms in total. The molecule has 0 saturated heterocycles. The fraction of sp³-hybridized carbons (Fsp3) is 0.500. The van der Waals surface area contributed by atoms with Gasteiger partial charge in [-0.1, -0.05) is 31.1 Å². The molecule has 0 aliphatic heterocycles. The first-order valence-corrected chi connectivity index (χ1v) is 8.24. The van der Waals surface area contributed by atoms with E-state index in [1.165, 1.54) is 6.20 Å². The van der Waals surface area contributed by atoms with Crippen molar-refractivity contribution in [2.75, 3.05) is 11.3 Å². The molecule has 0 radical (unpaired) electrons. The second-order valence-corrected chi connectivity index (χ2v) is 6.76. The van der Waals surface area contributed by atoms with E-state index in [1.54, 1.807) is 12.1 Å². The van der Waals surface area contributed by atoms with Gasteiger partial charge in [0, 0.05) is 11.8 Å². The number of pyridine rings is 1. The molecule has 0 spiro atoms. The Balaban J connectivity index is 2.12. The van der Waals surface area contributed by atoms with Crippen molar-refractivity contribution in [2.24, 2.45) is 0 Å².